The van der Waals surface area contributed by atoms with Crippen molar-refractivity contribution in [2.45, 2.75) is 76.1 Å². The second-order valence-corrected chi connectivity index (χ2v) is 12.3. The van der Waals surface area contributed by atoms with E-state index < -0.39 is 20.2 Å². The van der Waals surface area contributed by atoms with E-state index in [2.05, 4.69) is 52.3 Å². The molecule has 9 heteroatoms. The summed E-state index contributed by atoms with van der Waals surface area (Å²) in [6, 6.07) is 6.15. The highest BCUT2D eigenvalue weighted by Gasteiger charge is 2.49. The monoisotopic (exact) mass is 462 g/mol. The lowest BCUT2D eigenvalue weighted by Gasteiger charge is -2.39. The van der Waals surface area contributed by atoms with Crippen LogP contribution in [0, 0.1) is 23.0 Å². The molecule has 0 radical (unpaired) electrons. The molecule has 1 aliphatic rings. The Morgan fingerprint density at radius 2 is 1.90 bits per heavy atom. The zero-order valence-electron chi connectivity index (χ0n) is 17.7. The van der Waals surface area contributed by atoms with Crippen molar-refractivity contribution < 1.29 is 17.8 Å². The van der Waals surface area contributed by atoms with Gasteiger partial charge in [-0.25, -0.2) is 13.5 Å². The SMILES string of the molecule is CC(C)N(C(C)C)P(OCCC#N)OC1C(c2ccc(F)cc2F)SSC1(C)C. The number of hydrogen-bond donors (Lipinski definition) is 0. The number of nitriles is 1. The fraction of sp³-hybridized carbons (Fsp3) is 0.650. The van der Waals surface area contributed by atoms with Gasteiger partial charge in [0, 0.05) is 28.5 Å². The lowest BCUT2D eigenvalue weighted by atomic mass is 9.97. The van der Waals surface area contributed by atoms with Crippen LogP contribution < -0.4 is 0 Å². The minimum absolute atomic E-state index is 0.175. The summed E-state index contributed by atoms with van der Waals surface area (Å²) in [6.07, 6.45) is -0.0644. The quantitative estimate of drug-likeness (QED) is 0.227. The van der Waals surface area contributed by atoms with Gasteiger partial charge in [-0.3, -0.25) is 0 Å². The standard InChI is InChI=1S/C20H29F2N2O2PS2/c1-13(2)24(14(3)4)27(25-11-7-10-23)26-19-18(28-29-20(19,5)6)16-9-8-15(21)12-17(16)22/h8-9,12-14,18-19H,7,11H2,1-6H3. The van der Waals surface area contributed by atoms with Crippen LogP contribution in [0.25, 0.3) is 0 Å². The van der Waals surface area contributed by atoms with Crippen LogP contribution in [0.5, 0.6) is 0 Å². The van der Waals surface area contributed by atoms with E-state index in [0.717, 1.165) is 6.07 Å². The number of nitrogens with zero attached hydrogens (tertiary/aromatic N) is 2. The molecule has 3 atom stereocenters. The van der Waals surface area contributed by atoms with Crippen LogP contribution in [-0.2, 0) is 9.05 Å². The predicted octanol–water partition coefficient (Wildman–Crippen LogP) is 6.84. The van der Waals surface area contributed by atoms with Gasteiger partial charge in [0.25, 0.3) is 8.53 Å². The average Bonchev–Trinajstić information content (AvgIpc) is 2.89. The van der Waals surface area contributed by atoms with Gasteiger partial charge in [0.2, 0.25) is 0 Å². The minimum Gasteiger partial charge on any atom is -0.321 e. The Morgan fingerprint density at radius 1 is 1.24 bits per heavy atom. The van der Waals surface area contributed by atoms with E-state index in [4.69, 9.17) is 14.3 Å². The van der Waals surface area contributed by atoms with Gasteiger partial charge in [0.05, 0.1) is 30.5 Å². The van der Waals surface area contributed by atoms with Crippen LogP contribution in [-0.4, -0.2) is 34.2 Å². The van der Waals surface area contributed by atoms with E-state index in [1.165, 1.54) is 12.1 Å². The van der Waals surface area contributed by atoms with Crippen molar-refractivity contribution in [3.8, 4) is 6.07 Å². The molecule has 1 saturated heterocycles. The van der Waals surface area contributed by atoms with Gasteiger partial charge in [-0.15, -0.1) is 0 Å². The molecule has 0 N–H and O–H groups in total. The first-order valence-corrected chi connectivity index (χ1v) is 13.0. The van der Waals surface area contributed by atoms with Crippen LogP contribution in [0.2, 0.25) is 0 Å². The minimum atomic E-state index is -1.46. The molecule has 0 bridgehead atoms. The molecule has 1 aromatic rings. The normalized spacial score (nSPS) is 22.4. The molecule has 1 aromatic carbocycles. The largest absolute Gasteiger partial charge is 0.321 e. The molecule has 0 saturated carbocycles. The van der Waals surface area contributed by atoms with Crippen LogP contribution in [0.1, 0.15) is 58.8 Å². The molecule has 3 unspecified atom stereocenters. The Balaban J connectivity index is 2.34. The Hall–Kier alpha value is -0.420. The summed E-state index contributed by atoms with van der Waals surface area (Å²) < 4.78 is 42.4. The van der Waals surface area contributed by atoms with Crippen LogP contribution >= 0.6 is 30.1 Å². The first kappa shape index (κ1) is 24.8. The molecule has 0 spiro atoms. The van der Waals surface area contributed by atoms with Crippen molar-refractivity contribution >= 4 is 30.1 Å². The molecule has 0 aromatic heterocycles. The van der Waals surface area contributed by atoms with Crippen molar-refractivity contribution in [1.82, 2.24) is 4.67 Å². The lowest BCUT2D eigenvalue weighted by molar-refractivity contribution is 0.114. The fourth-order valence-electron chi connectivity index (χ4n) is 3.16. The number of rotatable bonds is 9. The third-order valence-corrected chi connectivity index (χ3v) is 10.2. The van der Waals surface area contributed by atoms with Gasteiger partial charge in [-0.2, -0.15) is 5.26 Å². The van der Waals surface area contributed by atoms with Crippen LogP contribution in [0.15, 0.2) is 18.2 Å². The second-order valence-electron chi connectivity index (χ2n) is 7.94. The van der Waals surface area contributed by atoms with Gasteiger partial charge in [0.15, 0.2) is 0 Å². The summed E-state index contributed by atoms with van der Waals surface area (Å²) in [5.41, 5.74) is 0.437. The maximum atomic E-state index is 14.5. The van der Waals surface area contributed by atoms with Gasteiger partial charge in [0.1, 0.15) is 11.6 Å². The third kappa shape index (κ3) is 6.29. The number of benzene rings is 1. The van der Waals surface area contributed by atoms with Crippen molar-refractivity contribution in [2.24, 2.45) is 0 Å². The fourth-order valence-corrected chi connectivity index (χ4v) is 8.66. The first-order valence-electron chi connectivity index (χ1n) is 9.63. The van der Waals surface area contributed by atoms with Gasteiger partial charge in [-0.1, -0.05) is 27.7 Å². The molecule has 4 nitrogen and oxygen atoms in total. The van der Waals surface area contributed by atoms with E-state index in [1.54, 1.807) is 21.6 Å². The Kier molecular flexibility index (Phi) is 9.21. The highest BCUT2D eigenvalue weighted by atomic mass is 33.1. The summed E-state index contributed by atoms with van der Waals surface area (Å²) in [6.45, 7) is 12.7. The topological polar surface area (TPSA) is 45.5 Å². The van der Waals surface area contributed by atoms with Crippen LogP contribution in [0.4, 0.5) is 8.78 Å². The predicted molar refractivity (Wildman–Crippen MR) is 118 cm³/mol. The molecule has 1 heterocycles. The summed E-state index contributed by atoms with van der Waals surface area (Å²) in [5.74, 6) is -1.15. The third-order valence-electron chi connectivity index (χ3n) is 4.46. The van der Waals surface area contributed by atoms with Crippen molar-refractivity contribution in [2.75, 3.05) is 6.61 Å². The van der Waals surface area contributed by atoms with Gasteiger partial charge >= 0.3 is 0 Å². The summed E-state index contributed by atoms with van der Waals surface area (Å²) in [4.78, 5) is 0. The Labute approximate surface area is 182 Å². The molecule has 29 heavy (non-hydrogen) atoms. The Bertz CT molecular complexity index is 723. The molecule has 1 aliphatic heterocycles. The van der Waals surface area contributed by atoms with E-state index >= 15 is 0 Å². The maximum Gasteiger partial charge on any atom is 0.259 e. The maximum absolute atomic E-state index is 14.5. The van der Waals surface area contributed by atoms with E-state index in [9.17, 15) is 8.78 Å². The number of hydrogen-bond acceptors (Lipinski definition) is 6. The molecule has 2 rings (SSSR count). The van der Waals surface area contributed by atoms with Crippen molar-refractivity contribution in [3.63, 3.8) is 0 Å². The zero-order valence-corrected chi connectivity index (χ0v) is 20.2. The second kappa shape index (κ2) is 10.7. The molecular formula is C20H29F2N2O2PS2. The lowest BCUT2D eigenvalue weighted by Crippen LogP contribution is -2.39. The van der Waals surface area contributed by atoms with E-state index in [1.807, 2.05) is 0 Å². The average molecular weight is 463 g/mol. The van der Waals surface area contributed by atoms with E-state index in [-0.39, 0.29) is 41.2 Å². The smallest absolute Gasteiger partial charge is 0.259 e. The molecule has 162 valence electrons. The van der Waals surface area contributed by atoms with Gasteiger partial charge < -0.3 is 9.05 Å². The van der Waals surface area contributed by atoms with Crippen molar-refractivity contribution in [1.29, 1.82) is 5.26 Å². The zero-order chi connectivity index (χ0) is 21.8. The summed E-state index contributed by atoms with van der Waals surface area (Å²) in [5, 5.41) is 8.60. The van der Waals surface area contributed by atoms with Crippen LogP contribution in [0.3, 0.4) is 0 Å². The first-order chi connectivity index (χ1) is 13.6. The molecule has 1 fully saturated rings. The highest BCUT2D eigenvalue weighted by Crippen LogP contribution is 2.63. The molecule has 0 amide bonds. The molecule has 0 aliphatic carbocycles. The summed E-state index contributed by atoms with van der Waals surface area (Å²) >= 11 is 0. The van der Waals surface area contributed by atoms with Crippen molar-refractivity contribution in [3.05, 3.63) is 35.4 Å². The Morgan fingerprint density at radius 3 is 2.45 bits per heavy atom. The molecular weight excluding hydrogens is 433 g/mol. The van der Waals surface area contributed by atoms with Gasteiger partial charge in [-0.05, 0) is 47.6 Å². The highest BCUT2D eigenvalue weighted by molar-refractivity contribution is 8.77. The number of halogens is 2. The summed E-state index contributed by atoms with van der Waals surface area (Å²) in [7, 11) is 1.72. The van der Waals surface area contributed by atoms with E-state index in [0.29, 0.717) is 5.56 Å².